The smallest absolute Gasteiger partial charge is 0.220 e. The van der Waals surface area contributed by atoms with Crippen LogP contribution in [0.25, 0.3) is 103 Å². The lowest BCUT2D eigenvalue weighted by atomic mass is 10.0. The van der Waals surface area contributed by atoms with E-state index in [2.05, 4.69) is 201 Å². The Morgan fingerprint density at radius 1 is 0.459 bits per heavy atom. The first-order valence-electron chi connectivity index (χ1n) is 20.5. The summed E-state index contributed by atoms with van der Waals surface area (Å²) < 4.78 is 9.58. The van der Waals surface area contributed by atoms with E-state index in [1.807, 2.05) is 29.8 Å². The molecule has 5 aromatic heterocycles. The summed E-state index contributed by atoms with van der Waals surface area (Å²) in [4.78, 5) is 9.91. The molecule has 0 aliphatic heterocycles. The van der Waals surface area contributed by atoms with Crippen molar-refractivity contribution in [2.75, 3.05) is 5.32 Å². The number of hydrogen-bond acceptors (Lipinski definition) is 4. The van der Waals surface area contributed by atoms with Crippen molar-refractivity contribution in [2.24, 2.45) is 0 Å². The van der Waals surface area contributed by atoms with Gasteiger partial charge in [0.25, 0.3) is 0 Å². The third-order valence-corrected chi connectivity index (χ3v) is 13.2. The van der Waals surface area contributed by atoms with E-state index in [4.69, 9.17) is 9.97 Å². The number of benzene rings is 8. The SMILES string of the molecule is c1ccc(-c2ccccc2Nc2cncc(-c3ccc4sc5ccc(-n6c7ccccc7c7c(-n8c9ccccc9n9c%10ccccc%10nc89)cccc76)cc5c4c3)c2)cc1. The number of para-hydroxylation sites is 6. The number of nitrogens with one attached hydrogen (secondary N) is 1. The van der Waals surface area contributed by atoms with Gasteiger partial charge in [0.15, 0.2) is 0 Å². The van der Waals surface area contributed by atoms with Gasteiger partial charge in [0, 0.05) is 59.6 Å². The lowest BCUT2D eigenvalue weighted by molar-refractivity contribution is 1.12. The molecule has 13 aromatic rings. The number of thiophene rings is 1. The maximum Gasteiger partial charge on any atom is 0.220 e. The molecular formula is C54H34N6S. The monoisotopic (exact) mass is 798 g/mol. The minimum absolute atomic E-state index is 0.905. The van der Waals surface area contributed by atoms with Crippen molar-refractivity contribution < 1.29 is 0 Å². The normalized spacial score (nSPS) is 11.9. The Balaban J connectivity index is 0.949. The molecule has 0 aliphatic carbocycles. The van der Waals surface area contributed by atoms with Crippen molar-refractivity contribution in [2.45, 2.75) is 0 Å². The number of nitrogens with zero attached hydrogens (tertiary/aromatic N) is 5. The summed E-state index contributed by atoms with van der Waals surface area (Å²) in [5.74, 6) is 0.905. The number of rotatable bonds is 6. The summed E-state index contributed by atoms with van der Waals surface area (Å²) in [7, 11) is 0. The van der Waals surface area contributed by atoms with Crippen molar-refractivity contribution in [3.63, 3.8) is 0 Å². The average Bonchev–Trinajstić information content (AvgIpc) is 4.06. The van der Waals surface area contributed by atoms with Gasteiger partial charge in [-0.25, -0.2) is 4.98 Å². The van der Waals surface area contributed by atoms with Gasteiger partial charge in [0.1, 0.15) is 0 Å². The molecule has 0 fully saturated rings. The van der Waals surface area contributed by atoms with Crippen LogP contribution in [0.1, 0.15) is 0 Å². The zero-order valence-electron chi connectivity index (χ0n) is 32.7. The predicted molar refractivity (Wildman–Crippen MR) is 255 cm³/mol. The van der Waals surface area contributed by atoms with Crippen LogP contribution in [0.3, 0.4) is 0 Å². The molecule has 7 heteroatoms. The molecule has 0 unspecified atom stereocenters. The topological polar surface area (TPSA) is 52.1 Å². The number of fused-ring (bicyclic) bond motifs is 11. The summed E-state index contributed by atoms with van der Waals surface area (Å²) in [5, 5.41) is 8.53. The van der Waals surface area contributed by atoms with Crippen LogP contribution in [0.5, 0.6) is 0 Å². The molecule has 0 aliphatic rings. The predicted octanol–water partition coefficient (Wildman–Crippen LogP) is 14.4. The largest absolute Gasteiger partial charge is 0.354 e. The number of pyridine rings is 1. The van der Waals surface area contributed by atoms with Gasteiger partial charge >= 0.3 is 0 Å². The third kappa shape index (κ3) is 5.21. The Morgan fingerprint density at radius 3 is 2.08 bits per heavy atom. The van der Waals surface area contributed by atoms with Crippen LogP contribution in [0.2, 0.25) is 0 Å². The summed E-state index contributed by atoms with van der Waals surface area (Å²) in [6.45, 7) is 0. The van der Waals surface area contributed by atoms with Gasteiger partial charge in [-0.1, -0.05) is 103 Å². The highest BCUT2D eigenvalue weighted by molar-refractivity contribution is 7.25. The van der Waals surface area contributed by atoms with Crippen molar-refractivity contribution in [3.05, 3.63) is 200 Å². The van der Waals surface area contributed by atoms with E-state index < -0.39 is 0 Å². The van der Waals surface area contributed by atoms with Crippen LogP contribution in [0.15, 0.2) is 200 Å². The molecule has 0 spiro atoms. The summed E-state index contributed by atoms with van der Waals surface area (Å²) in [6.07, 6.45) is 3.85. The highest BCUT2D eigenvalue weighted by atomic mass is 32.1. The molecule has 0 saturated carbocycles. The number of aromatic nitrogens is 5. The Morgan fingerprint density at radius 2 is 1.18 bits per heavy atom. The molecule has 0 saturated heterocycles. The second-order valence-corrected chi connectivity index (χ2v) is 16.7. The molecule has 5 heterocycles. The lowest BCUT2D eigenvalue weighted by Crippen LogP contribution is -1.97. The molecule has 13 rings (SSSR count). The van der Waals surface area contributed by atoms with Crippen LogP contribution in [0.4, 0.5) is 11.4 Å². The molecule has 0 atom stereocenters. The molecule has 286 valence electrons. The molecule has 6 nitrogen and oxygen atoms in total. The minimum Gasteiger partial charge on any atom is -0.354 e. The van der Waals surface area contributed by atoms with Crippen LogP contribution in [-0.2, 0) is 0 Å². The van der Waals surface area contributed by atoms with Gasteiger partial charge < -0.3 is 9.88 Å². The highest BCUT2D eigenvalue weighted by Crippen LogP contribution is 2.42. The zero-order valence-corrected chi connectivity index (χ0v) is 33.5. The minimum atomic E-state index is 0.905. The van der Waals surface area contributed by atoms with Gasteiger partial charge in [-0.3, -0.25) is 14.0 Å². The van der Waals surface area contributed by atoms with E-state index in [0.29, 0.717) is 0 Å². The van der Waals surface area contributed by atoms with Crippen molar-refractivity contribution in [1.29, 1.82) is 0 Å². The molecule has 0 bridgehead atoms. The summed E-state index contributed by atoms with van der Waals surface area (Å²) >= 11 is 1.84. The van der Waals surface area contributed by atoms with Crippen LogP contribution >= 0.6 is 11.3 Å². The Labute approximate surface area is 353 Å². The molecule has 0 amide bonds. The van der Waals surface area contributed by atoms with E-state index in [-0.39, 0.29) is 0 Å². The molecule has 8 aromatic carbocycles. The van der Waals surface area contributed by atoms with E-state index in [9.17, 15) is 0 Å². The first kappa shape index (κ1) is 33.9. The van der Waals surface area contributed by atoms with Gasteiger partial charge in [0.05, 0.1) is 50.7 Å². The number of hydrogen-bond donors (Lipinski definition) is 1. The summed E-state index contributed by atoms with van der Waals surface area (Å²) in [6, 6.07) is 67.3. The fourth-order valence-electron chi connectivity index (χ4n) is 9.42. The maximum absolute atomic E-state index is 5.22. The first-order chi connectivity index (χ1) is 30.2. The fraction of sp³-hybridized carbons (Fsp3) is 0. The average molecular weight is 799 g/mol. The maximum atomic E-state index is 5.22. The van der Waals surface area contributed by atoms with Crippen molar-refractivity contribution in [1.82, 2.24) is 23.5 Å². The van der Waals surface area contributed by atoms with E-state index in [1.54, 1.807) is 0 Å². The Bertz CT molecular complexity index is 3870. The third-order valence-electron chi connectivity index (χ3n) is 12.1. The second kappa shape index (κ2) is 13.3. The fourth-order valence-corrected chi connectivity index (χ4v) is 10.5. The van der Waals surface area contributed by atoms with Crippen molar-refractivity contribution in [3.8, 4) is 33.6 Å². The van der Waals surface area contributed by atoms with E-state index in [0.717, 1.165) is 78.3 Å². The van der Waals surface area contributed by atoms with E-state index >= 15 is 0 Å². The number of imidazole rings is 2. The lowest BCUT2D eigenvalue weighted by Gasteiger charge is -2.13. The molecular weight excluding hydrogens is 765 g/mol. The van der Waals surface area contributed by atoms with Gasteiger partial charge in [-0.15, -0.1) is 11.3 Å². The van der Waals surface area contributed by atoms with Crippen molar-refractivity contribution >= 4 is 92.5 Å². The quantitative estimate of drug-likeness (QED) is 0.182. The standard InChI is InChI=1S/C54H34N6S/c1-2-13-34(14-3-1)39-15-4-6-17-43(39)56-37-29-36(32-55-33-37)35-25-27-51-41(30-35)42-31-38(26-28-52(42)61-51)58-45-19-8-5-16-40(45)53-49(58)23-12-24-50(53)60-48-22-11-10-21-47(48)59-46-20-9-7-18-44(46)57-54(59)60/h1-33,56H. The summed E-state index contributed by atoms with van der Waals surface area (Å²) in [5.41, 5.74) is 15.4. The highest BCUT2D eigenvalue weighted by Gasteiger charge is 2.22. The van der Waals surface area contributed by atoms with Gasteiger partial charge in [-0.2, -0.15) is 0 Å². The second-order valence-electron chi connectivity index (χ2n) is 15.6. The molecule has 0 radical (unpaired) electrons. The molecule has 61 heavy (non-hydrogen) atoms. The Hall–Kier alpha value is -8.00. The number of anilines is 2. The van der Waals surface area contributed by atoms with Crippen LogP contribution in [-0.4, -0.2) is 23.5 Å². The van der Waals surface area contributed by atoms with Crippen LogP contribution in [0, 0.1) is 0 Å². The van der Waals surface area contributed by atoms with Gasteiger partial charge in [-0.05, 0) is 96.1 Å². The van der Waals surface area contributed by atoms with Gasteiger partial charge in [0.2, 0.25) is 5.78 Å². The Kier molecular flexibility index (Phi) is 7.37. The first-order valence-corrected chi connectivity index (χ1v) is 21.3. The van der Waals surface area contributed by atoms with Crippen LogP contribution < -0.4 is 5.32 Å². The molecule has 1 N–H and O–H groups in total. The zero-order chi connectivity index (χ0) is 40.0. The van der Waals surface area contributed by atoms with E-state index in [1.165, 1.54) is 36.5 Å².